The van der Waals surface area contributed by atoms with Crippen molar-refractivity contribution in [1.82, 2.24) is 0 Å². The van der Waals surface area contributed by atoms with E-state index in [1.807, 2.05) is 42.5 Å². The Morgan fingerprint density at radius 1 is 1.06 bits per heavy atom. The molecule has 0 unspecified atom stereocenters. The molecule has 2 aromatic carbocycles. The lowest BCUT2D eigenvalue weighted by atomic mass is 9.73. The molecule has 0 aromatic heterocycles. The molecule has 1 fully saturated rings. The molecule has 33 heavy (non-hydrogen) atoms. The van der Waals surface area contributed by atoms with Gasteiger partial charge in [-0.3, -0.25) is 4.79 Å². The van der Waals surface area contributed by atoms with Crippen molar-refractivity contribution in [3.8, 4) is 5.75 Å². The summed E-state index contributed by atoms with van der Waals surface area (Å²) in [7, 11) is 0. The molecule has 0 aliphatic heterocycles. The number of unbranched alkanes of at least 4 members (excludes halogenated alkanes) is 2. The second-order valence-corrected chi connectivity index (χ2v) is 10.00. The maximum absolute atomic E-state index is 12.5. The average molecular weight is 451 g/mol. The van der Waals surface area contributed by atoms with E-state index in [0.29, 0.717) is 17.4 Å². The van der Waals surface area contributed by atoms with Crippen LogP contribution in [0.1, 0.15) is 73.4 Å². The number of aliphatic hydroxyl groups is 2. The molecule has 5 atom stereocenters. The Morgan fingerprint density at radius 3 is 2.67 bits per heavy atom. The number of carbonyl (C=O) groups excluding carboxylic acids is 1. The summed E-state index contributed by atoms with van der Waals surface area (Å²) in [5, 5.41) is 21.2. The molecule has 0 radical (unpaired) electrons. The molecule has 1 saturated carbocycles. The van der Waals surface area contributed by atoms with Crippen LogP contribution in [0, 0.1) is 17.8 Å². The zero-order chi connectivity index (χ0) is 23.2. The number of hydrogen-bond donors (Lipinski definition) is 2. The molecule has 0 bridgehead atoms. The molecule has 178 valence electrons. The highest BCUT2D eigenvalue weighted by Crippen LogP contribution is 2.48. The lowest BCUT2D eigenvalue weighted by Crippen LogP contribution is -2.28. The van der Waals surface area contributed by atoms with E-state index < -0.39 is 0 Å². The van der Waals surface area contributed by atoms with Gasteiger partial charge in [-0.25, -0.2) is 0 Å². The normalized spacial score (nSPS) is 24.7. The first-order chi connectivity index (χ1) is 16.1. The fraction of sp³-hybridized carbons (Fsp3) is 0.552. The minimum absolute atomic E-state index is 0.0178. The van der Waals surface area contributed by atoms with E-state index in [1.165, 1.54) is 24.0 Å². The van der Waals surface area contributed by atoms with Crippen molar-refractivity contribution in [1.29, 1.82) is 0 Å². The maximum atomic E-state index is 12.5. The Bertz CT molecular complexity index is 909. The van der Waals surface area contributed by atoms with Gasteiger partial charge in [-0.15, -0.1) is 0 Å². The summed E-state index contributed by atoms with van der Waals surface area (Å²) in [6.45, 7) is 2.22. The minimum Gasteiger partial charge on any atom is -0.485 e. The largest absolute Gasteiger partial charge is 0.485 e. The van der Waals surface area contributed by atoms with Crippen molar-refractivity contribution in [2.45, 2.75) is 76.9 Å². The number of aliphatic hydroxyl groups excluding tert-OH is 2. The smallest absolute Gasteiger partial charge is 0.200 e. The summed E-state index contributed by atoms with van der Waals surface area (Å²) in [6.07, 6.45) is 8.09. The molecule has 0 amide bonds. The van der Waals surface area contributed by atoms with Gasteiger partial charge in [0.05, 0.1) is 12.2 Å². The Labute approximate surface area is 198 Å². The van der Waals surface area contributed by atoms with Crippen LogP contribution in [0.25, 0.3) is 0 Å². The van der Waals surface area contributed by atoms with Gasteiger partial charge in [-0.2, -0.15) is 0 Å². The predicted octanol–water partition coefficient (Wildman–Crippen LogP) is 5.38. The summed E-state index contributed by atoms with van der Waals surface area (Å²) in [4.78, 5) is 12.5. The minimum atomic E-state index is -0.291. The Hall–Kier alpha value is -2.17. The summed E-state index contributed by atoms with van der Waals surface area (Å²) >= 11 is 0. The van der Waals surface area contributed by atoms with Crippen LogP contribution in [0.15, 0.2) is 48.5 Å². The number of Topliss-reactive ketones (excluding diaryl/α,β-unsaturated/α-hetero) is 1. The van der Waals surface area contributed by atoms with Gasteiger partial charge in [0.2, 0.25) is 0 Å². The van der Waals surface area contributed by atoms with Gasteiger partial charge in [0.25, 0.3) is 0 Å². The van der Waals surface area contributed by atoms with Crippen molar-refractivity contribution in [2.75, 3.05) is 6.61 Å². The van der Waals surface area contributed by atoms with Crippen LogP contribution in [-0.4, -0.2) is 34.8 Å². The number of fused-ring (bicyclic) bond motifs is 2. The van der Waals surface area contributed by atoms with Crippen LogP contribution in [0.2, 0.25) is 0 Å². The number of ether oxygens (including phenoxy) is 1. The molecule has 4 rings (SSSR count). The van der Waals surface area contributed by atoms with Gasteiger partial charge >= 0.3 is 0 Å². The standard InChI is InChI=1S/C29H38O4/c1-2-3-5-12-23(30)14-15-24-25-16-21-11-8-13-29(26(21)17-22(25)18-27(24)31)33-19-28(32)20-9-6-4-7-10-20/h4,6-11,13,22-25,27,30-31H,2-3,5,12,14-19H2,1H3/t22-,23-,24+,25-,27+/m0/s1. The third-order valence-corrected chi connectivity index (χ3v) is 7.77. The first kappa shape index (κ1) is 24.0. The van der Waals surface area contributed by atoms with E-state index in [2.05, 4.69) is 13.0 Å². The van der Waals surface area contributed by atoms with Gasteiger partial charge in [0.1, 0.15) is 5.75 Å². The summed E-state index contributed by atoms with van der Waals surface area (Å²) in [6, 6.07) is 15.4. The third kappa shape index (κ3) is 5.85. The summed E-state index contributed by atoms with van der Waals surface area (Å²) in [5.41, 5.74) is 3.15. The summed E-state index contributed by atoms with van der Waals surface area (Å²) < 4.78 is 6.00. The van der Waals surface area contributed by atoms with Gasteiger partial charge < -0.3 is 14.9 Å². The topological polar surface area (TPSA) is 66.8 Å². The molecular formula is C29H38O4. The Balaban J connectivity index is 1.38. The molecule has 4 nitrogen and oxygen atoms in total. The third-order valence-electron chi connectivity index (χ3n) is 7.77. The maximum Gasteiger partial charge on any atom is 0.200 e. The van der Waals surface area contributed by atoms with Crippen LogP contribution in [-0.2, 0) is 12.8 Å². The van der Waals surface area contributed by atoms with Gasteiger partial charge in [-0.05, 0) is 73.5 Å². The highest BCUT2D eigenvalue weighted by atomic mass is 16.5. The van der Waals surface area contributed by atoms with E-state index >= 15 is 0 Å². The van der Waals surface area contributed by atoms with E-state index in [0.717, 1.165) is 50.7 Å². The number of hydrogen-bond acceptors (Lipinski definition) is 4. The number of benzene rings is 2. The lowest BCUT2D eigenvalue weighted by molar-refractivity contribution is 0.0867. The van der Waals surface area contributed by atoms with Crippen LogP contribution < -0.4 is 4.74 Å². The molecule has 2 aliphatic carbocycles. The van der Waals surface area contributed by atoms with Crippen molar-refractivity contribution < 1.29 is 19.7 Å². The van der Waals surface area contributed by atoms with E-state index in [4.69, 9.17) is 4.74 Å². The molecule has 2 N–H and O–H groups in total. The number of ketones is 1. The van der Waals surface area contributed by atoms with Crippen molar-refractivity contribution >= 4 is 5.78 Å². The van der Waals surface area contributed by atoms with Gasteiger partial charge in [0.15, 0.2) is 12.4 Å². The molecule has 0 saturated heterocycles. The molecule has 4 heteroatoms. The number of carbonyl (C=O) groups is 1. The predicted molar refractivity (Wildman–Crippen MR) is 131 cm³/mol. The van der Waals surface area contributed by atoms with Gasteiger partial charge in [-0.1, -0.05) is 68.7 Å². The van der Waals surface area contributed by atoms with Crippen molar-refractivity contribution in [2.24, 2.45) is 17.8 Å². The SMILES string of the molecule is CCCCC[C@H](O)CC[C@@H]1[C@H]2Cc3cccc(OCC(=O)c4ccccc4)c3C[C@H]2C[C@H]1O. The highest BCUT2D eigenvalue weighted by Gasteiger charge is 2.44. The van der Waals surface area contributed by atoms with Crippen LogP contribution in [0.4, 0.5) is 0 Å². The van der Waals surface area contributed by atoms with E-state index in [9.17, 15) is 15.0 Å². The zero-order valence-corrected chi connectivity index (χ0v) is 19.8. The fourth-order valence-electron chi connectivity index (χ4n) is 5.95. The quantitative estimate of drug-likeness (QED) is 0.356. The Kier molecular flexibility index (Phi) is 8.21. The first-order valence-corrected chi connectivity index (χ1v) is 12.7. The Morgan fingerprint density at radius 2 is 1.88 bits per heavy atom. The van der Waals surface area contributed by atoms with Gasteiger partial charge in [0, 0.05) is 5.56 Å². The second kappa shape index (κ2) is 11.3. The molecule has 0 heterocycles. The monoisotopic (exact) mass is 450 g/mol. The number of rotatable bonds is 11. The summed E-state index contributed by atoms with van der Waals surface area (Å²) in [5.74, 6) is 1.93. The van der Waals surface area contributed by atoms with Crippen molar-refractivity contribution in [3.63, 3.8) is 0 Å². The van der Waals surface area contributed by atoms with Crippen LogP contribution in [0.3, 0.4) is 0 Å². The van der Waals surface area contributed by atoms with E-state index in [-0.39, 0.29) is 30.5 Å². The first-order valence-electron chi connectivity index (χ1n) is 12.7. The molecule has 0 spiro atoms. The van der Waals surface area contributed by atoms with E-state index in [1.54, 1.807) is 0 Å². The zero-order valence-electron chi connectivity index (χ0n) is 19.8. The lowest BCUT2D eigenvalue weighted by Gasteiger charge is -2.32. The average Bonchev–Trinajstić information content (AvgIpc) is 3.14. The molecule has 2 aliphatic rings. The molecule has 2 aromatic rings. The second-order valence-electron chi connectivity index (χ2n) is 10.00. The van der Waals surface area contributed by atoms with Crippen LogP contribution in [0.5, 0.6) is 5.75 Å². The van der Waals surface area contributed by atoms with Crippen LogP contribution >= 0.6 is 0 Å². The molecular weight excluding hydrogens is 412 g/mol. The van der Waals surface area contributed by atoms with Crippen molar-refractivity contribution in [3.05, 3.63) is 65.2 Å². The highest BCUT2D eigenvalue weighted by molar-refractivity contribution is 5.97. The fourth-order valence-corrected chi connectivity index (χ4v) is 5.95.